The summed E-state index contributed by atoms with van der Waals surface area (Å²) in [6, 6.07) is 10.8. The molecule has 5 heteroatoms. The summed E-state index contributed by atoms with van der Waals surface area (Å²) in [4.78, 5) is 4.89. The maximum Gasteiger partial charge on any atom is 0.124 e. The van der Waals surface area contributed by atoms with Crippen LogP contribution in [0.1, 0.15) is 23.2 Å². The maximum atomic E-state index is 9.43. The van der Waals surface area contributed by atoms with Gasteiger partial charge in [0.25, 0.3) is 0 Å². The largest absolute Gasteiger partial charge is 0.396 e. The molecule has 2 aromatic rings. The Morgan fingerprint density at radius 1 is 1.22 bits per heavy atom. The van der Waals surface area contributed by atoms with Crippen molar-refractivity contribution in [1.82, 2.24) is 15.0 Å². The van der Waals surface area contributed by atoms with Gasteiger partial charge in [-0.25, -0.2) is 0 Å². The second-order valence-corrected chi connectivity index (χ2v) is 6.29. The Bertz CT molecular complexity index is 600. The number of nitrogens with zero attached hydrogens (tertiary/aromatic N) is 3. The van der Waals surface area contributed by atoms with Crippen molar-refractivity contribution in [3.05, 3.63) is 53.4 Å². The molecule has 0 aliphatic carbocycles. The maximum absolute atomic E-state index is 9.43. The molecule has 5 nitrogen and oxygen atoms in total. The molecule has 0 radical (unpaired) electrons. The Kier molecular flexibility index (Phi) is 5.43. The minimum atomic E-state index is 0.229. The minimum absolute atomic E-state index is 0.229. The highest BCUT2D eigenvalue weighted by molar-refractivity contribution is 5.25. The lowest BCUT2D eigenvalue weighted by atomic mass is 10.0. The van der Waals surface area contributed by atoms with Gasteiger partial charge >= 0.3 is 0 Å². The van der Waals surface area contributed by atoms with Gasteiger partial charge in [0, 0.05) is 51.4 Å². The first-order valence-corrected chi connectivity index (χ1v) is 8.27. The molecule has 124 valence electrons. The highest BCUT2D eigenvalue weighted by Crippen LogP contribution is 2.19. The molecule has 0 amide bonds. The van der Waals surface area contributed by atoms with Crippen LogP contribution in [0.25, 0.3) is 0 Å². The number of benzene rings is 1. The summed E-state index contributed by atoms with van der Waals surface area (Å²) in [5, 5.41) is 13.4. The third-order valence-electron chi connectivity index (χ3n) is 4.66. The summed E-state index contributed by atoms with van der Waals surface area (Å²) in [6.45, 7) is 7.15. The van der Waals surface area contributed by atoms with E-state index in [1.807, 2.05) is 6.07 Å². The second kappa shape index (κ2) is 7.73. The van der Waals surface area contributed by atoms with Gasteiger partial charge in [0.05, 0.1) is 5.69 Å². The summed E-state index contributed by atoms with van der Waals surface area (Å²) >= 11 is 0. The van der Waals surface area contributed by atoms with Crippen LogP contribution in [-0.2, 0) is 13.1 Å². The summed E-state index contributed by atoms with van der Waals surface area (Å²) in [5.41, 5.74) is 3.68. The predicted octanol–water partition coefficient (Wildman–Crippen LogP) is 2.05. The van der Waals surface area contributed by atoms with E-state index in [4.69, 9.17) is 4.52 Å². The lowest BCUT2D eigenvalue weighted by Gasteiger charge is -2.41. The molecule has 1 fully saturated rings. The zero-order valence-electron chi connectivity index (χ0n) is 13.7. The molecule has 1 atom stereocenters. The van der Waals surface area contributed by atoms with Crippen LogP contribution in [0.2, 0.25) is 0 Å². The van der Waals surface area contributed by atoms with Crippen LogP contribution < -0.4 is 0 Å². The van der Waals surface area contributed by atoms with Gasteiger partial charge in [-0.15, -0.1) is 0 Å². The highest BCUT2D eigenvalue weighted by Gasteiger charge is 2.27. The van der Waals surface area contributed by atoms with Gasteiger partial charge < -0.3 is 9.63 Å². The zero-order valence-corrected chi connectivity index (χ0v) is 13.7. The van der Waals surface area contributed by atoms with Crippen molar-refractivity contribution >= 4 is 0 Å². The molecule has 23 heavy (non-hydrogen) atoms. The van der Waals surface area contributed by atoms with Crippen LogP contribution in [0, 0.1) is 6.92 Å². The molecule has 0 bridgehead atoms. The third kappa shape index (κ3) is 4.19. The van der Waals surface area contributed by atoms with Gasteiger partial charge in [-0.05, 0) is 24.5 Å². The van der Waals surface area contributed by atoms with E-state index in [0.717, 1.165) is 44.8 Å². The smallest absolute Gasteiger partial charge is 0.124 e. The number of aromatic nitrogens is 1. The molecule has 1 aromatic heterocycles. The number of aliphatic hydroxyl groups is 1. The van der Waals surface area contributed by atoms with Crippen LogP contribution in [-0.4, -0.2) is 52.3 Å². The average Bonchev–Trinajstić information content (AvgIpc) is 3.05. The Morgan fingerprint density at radius 2 is 2.09 bits per heavy atom. The molecular formula is C18H25N3O2. The van der Waals surface area contributed by atoms with Crippen molar-refractivity contribution < 1.29 is 9.63 Å². The second-order valence-electron chi connectivity index (χ2n) is 6.29. The van der Waals surface area contributed by atoms with Crippen molar-refractivity contribution in [3.63, 3.8) is 0 Å². The lowest BCUT2D eigenvalue weighted by molar-refractivity contribution is 0.0488. The van der Waals surface area contributed by atoms with E-state index in [0.29, 0.717) is 6.04 Å². The molecule has 1 aromatic carbocycles. The van der Waals surface area contributed by atoms with E-state index in [1.165, 1.54) is 11.1 Å². The number of piperazine rings is 1. The van der Waals surface area contributed by atoms with Gasteiger partial charge in [-0.3, -0.25) is 9.80 Å². The van der Waals surface area contributed by atoms with Crippen molar-refractivity contribution in [1.29, 1.82) is 0 Å². The SMILES string of the molecule is Cc1ccccc1CN1CCN(Cc2ccon2)CC1CCO. The molecular weight excluding hydrogens is 290 g/mol. The summed E-state index contributed by atoms with van der Waals surface area (Å²) < 4.78 is 4.92. The van der Waals surface area contributed by atoms with Crippen LogP contribution >= 0.6 is 0 Å². The van der Waals surface area contributed by atoms with E-state index in [9.17, 15) is 5.11 Å². The van der Waals surface area contributed by atoms with Gasteiger partial charge in [0.1, 0.15) is 6.26 Å². The van der Waals surface area contributed by atoms with Crippen molar-refractivity contribution in [2.24, 2.45) is 0 Å². The Hall–Kier alpha value is -1.69. The normalized spacial score (nSPS) is 20.0. The van der Waals surface area contributed by atoms with Crippen LogP contribution in [0.5, 0.6) is 0 Å². The van der Waals surface area contributed by atoms with Crippen molar-refractivity contribution in [3.8, 4) is 0 Å². The molecule has 1 saturated heterocycles. The number of hydrogen-bond acceptors (Lipinski definition) is 5. The Morgan fingerprint density at radius 3 is 2.83 bits per heavy atom. The third-order valence-corrected chi connectivity index (χ3v) is 4.66. The molecule has 0 spiro atoms. The average molecular weight is 315 g/mol. The van der Waals surface area contributed by atoms with Gasteiger partial charge in [-0.2, -0.15) is 0 Å². The fraction of sp³-hybridized carbons (Fsp3) is 0.500. The van der Waals surface area contributed by atoms with E-state index in [-0.39, 0.29) is 6.61 Å². The minimum Gasteiger partial charge on any atom is -0.396 e. The molecule has 2 heterocycles. The van der Waals surface area contributed by atoms with Crippen molar-refractivity contribution in [2.45, 2.75) is 32.5 Å². The predicted molar refractivity (Wildman–Crippen MR) is 88.9 cm³/mol. The summed E-state index contributed by atoms with van der Waals surface area (Å²) in [7, 11) is 0. The summed E-state index contributed by atoms with van der Waals surface area (Å²) in [5.74, 6) is 0. The molecule has 1 unspecified atom stereocenters. The number of aliphatic hydroxyl groups excluding tert-OH is 1. The monoisotopic (exact) mass is 315 g/mol. The molecule has 3 rings (SSSR count). The summed E-state index contributed by atoms with van der Waals surface area (Å²) in [6.07, 6.45) is 2.43. The molecule has 0 saturated carbocycles. The first-order valence-electron chi connectivity index (χ1n) is 8.27. The number of rotatable bonds is 6. The van der Waals surface area contributed by atoms with E-state index >= 15 is 0 Å². The fourth-order valence-corrected chi connectivity index (χ4v) is 3.29. The van der Waals surface area contributed by atoms with Gasteiger partial charge in [-0.1, -0.05) is 29.4 Å². The molecule has 1 N–H and O–H groups in total. The van der Waals surface area contributed by atoms with Gasteiger partial charge in [0.15, 0.2) is 0 Å². The van der Waals surface area contributed by atoms with Crippen LogP contribution in [0.15, 0.2) is 41.1 Å². The zero-order chi connectivity index (χ0) is 16.1. The molecule has 1 aliphatic heterocycles. The fourth-order valence-electron chi connectivity index (χ4n) is 3.29. The van der Waals surface area contributed by atoms with Crippen LogP contribution in [0.4, 0.5) is 0 Å². The van der Waals surface area contributed by atoms with E-state index < -0.39 is 0 Å². The topological polar surface area (TPSA) is 52.7 Å². The standard InChI is InChI=1S/C18H25N3O2/c1-15-4-2-3-5-16(15)12-21-9-8-20(14-18(21)6-10-22)13-17-7-11-23-19-17/h2-5,7,11,18,22H,6,8-10,12-14H2,1H3. The Labute approximate surface area is 137 Å². The Balaban J connectivity index is 1.64. The van der Waals surface area contributed by atoms with E-state index in [1.54, 1.807) is 6.26 Å². The first kappa shape index (κ1) is 16.2. The van der Waals surface area contributed by atoms with E-state index in [2.05, 4.69) is 46.1 Å². The lowest BCUT2D eigenvalue weighted by Crippen LogP contribution is -2.52. The number of aryl methyl sites for hydroxylation is 1. The quantitative estimate of drug-likeness (QED) is 0.884. The molecule has 1 aliphatic rings. The highest BCUT2D eigenvalue weighted by atomic mass is 16.5. The van der Waals surface area contributed by atoms with Crippen LogP contribution in [0.3, 0.4) is 0 Å². The van der Waals surface area contributed by atoms with Gasteiger partial charge in [0.2, 0.25) is 0 Å². The van der Waals surface area contributed by atoms with Crippen molar-refractivity contribution in [2.75, 3.05) is 26.2 Å². The number of hydrogen-bond donors (Lipinski definition) is 1. The first-order chi connectivity index (χ1) is 11.3.